The highest BCUT2D eigenvalue weighted by molar-refractivity contribution is 7.79. The van der Waals surface area contributed by atoms with Gasteiger partial charge >= 0.3 is 6.09 Å². The molecular weight excluding hydrogens is 508 g/mol. The third kappa shape index (κ3) is 5.96. The predicted molar refractivity (Wildman–Crippen MR) is 159 cm³/mol. The molecule has 3 heterocycles. The van der Waals surface area contributed by atoms with Crippen LogP contribution in [0.2, 0.25) is 0 Å². The monoisotopic (exact) mass is 540 g/mol. The summed E-state index contributed by atoms with van der Waals surface area (Å²) in [5.74, 6) is 0.678. The molecule has 0 saturated heterocycles. The van der Waals surface area contributed by atoms with E-state index in [0.29, 0.717) is 24.6 Å². The van der Waals surface area contributed by atoms with Crippen LogP contribution in [0.25, 0.3) is 32.9 Å². The lowest BCUT2D eigenvalue weighted by molar-refractivity contribution is 0.0308. The number of ether oxygens (including phenoxy) is 1. The van der Waals surface area contributed by atoms with E-state index < -0.39 is 11.7 Å². The fourth-order valence-corrected chi connectivity index (χ4v) is 4.64. The number of hydrogen-bond acceptors (Lipinski definition) is 8. The maximum Gasteiger partial charge on any atom is 0.414 e. The van der Waals surface area contributed by atoms with Gasteiger partial charge in [-0.1, -0.05) is 36.4 Å². The van der Waals surface area contributed by atoms with Gasteiger partial charge in [-0.2, -0.15) is 17.9 Å². The van der Waals surface area contributed by atoms with Gasteiger partial charge in [0.05, 0.1) is 34.8 Å². The lowest BCUT2D eigenvalue weighted by Gasteiger charge is -2.35. The van der Waals surface area contributed by atoms with Crippen LogP contribution in [0.15, 0.2) is 66.9 Å². The van der Waals surface area contributed by atoms with Crippen LogP contribution in [0, 0.1) is 18.3 Å². The first-order valence-electron chi connectivity index (χ1n) is 12.6. The van der Waals surface area contributed by atoms with E-state index in [9.17, 15) is 10.1 Å². The molecule has 9 heteroatoms. The van der Waals surface area contributed by atoms with Crippen molar-refractivity contribution in [2.45, 2.75) is 39.7 Å². The summed E-state index contributed by atoms with van der Waals surface area (Å²) in [5, 5.41) is 12.5. The SMILES string of the molecule is CS.Cc1cccc2cccc(-c3cc4ncnc(N5C=C(CC#N)N(C(=O)OC(C)(C)C)CC5)c4cn3)c12. The van der Waals surface area contributed by atoms with Crippen molar-refractivity contribution in [3.8, 4) is 17.3 Å². The number of anilines is 1. The van der Waals surface area contributed by atoms with Crippen molar-refractivity contribution in [2.75, 3.05) is 24.2 Å². The first-order valence-corrected chi connectivity index (χ1v) is 13.5. The number of hydrogen-bond donors (Lipinski definition) is 1. The van der Waals surface area contributed by atoms with E-state index in [1.54, 1.807) is 18.7 Å². The molecule has 1 amide bonds. The Morgan fingerprint density at radius 1 is 1.10 bits per heavy atom. The van der Waals surface area contributed by atoms with E-state index in [0.717, 1.165) is 22.2 Å². The standard InChI is InChI=1S/C29H28N6O2.CH4S/c1-19-7-5-8-20-9-6-10-22(26(19)20)24-15-25-23(16-31-24)27(33-18-32-25)34-13-14-35(21(17-34)11-12-30)28(36)37-29(2,3)4;1-2/h5-10,15-18H,11,13-14H2,1-4H3;2H,1H3. The molecule has 0 bridgehead atoms. The second-order valence-electron chi connectivity index (χ2n) is 10.0. The number of carbonyl (C=O) groups is 1. The zero-order valence-corrected chi connectivity index (χ0v) is 23.7. The summed E-state index contributed by atoms with van der Waals surface area (Å²) in [5.41, 5.74) is 3.79. The van der Waals surface area contributed by atoms with E-state index in [1.807, 2.05) is 37.8 Å². The van der Waals surface area contributed by atoms with Gasteiger partial charge in [0.25, 0.3) is 0 Å². The summed E-state index contributed by atoms with van der Waals surface area (Å²) in [6.07, 6.45) is 6.43. The Morgan fingerprint density at radius 3 is 2.56 bits per heavy atom. The van der Waals surface area contributed by atoms with Crippen LogP contribution < -0.4 is 4.90 Å². The molecule has 0 N–H and O–H groups in total. The maximum absolute atomic E-state index is 12.7. The molecule has 0 radical (unpaired) electrons. The summed E-state index contributed by atoms with van der Waals surface area (Å²) in [6, 6.07) is 16.6. The Morgan fingerprint density at radius 2 is 1.85 bits per heavy atom. The second kappa shape index (κ2) is 11.7. The predicted octanol–water partition coefficient (Wildman–Crippen LogP) is 6.51. The van der Waals surface area contributed by atoms with Gasteiger partial charge in [0.15, 0.2) is 0 Å². The molecule has 0 unspecified atom stereocenters. The van der Waals surface area contributed by atoms with Crippen molar-refractivity contribution in [1.29, 1.82) is 5.26 Å². The lowest BCUT2D eigenvalue weighted by Crippen LogP contribution is -2.44. The number of nitrogens with zero attached hydrogens (tertiary/aromatic N) is 6. The van der Waals surface area contributed by atoms with Gasteiger partial charge in [-0.15, -0.1) is 0 Å². The number of thiol groups is 1. The zero-order chi connectivity index (χ0) is 28.2. The van der Waals surface area contributed by atoms with E-state index in [2.05, 4.69) is 65.9 Å². The number of benzene rings is 2. The van der Waals surface area contributed by atoms with Gasteiger partial charge < -0.3 is 9.64 Å². The van der Waals surface area contributed by atoms with Crippen LogP contribution in [0.4, 0.5) is 10.6 Å². The Balaban J connectivity index is 0.00000172. The fraction of sp³-hybridized carbons (Fsp3) is 0.300. The molecule has 2 aromatic carbocycles. The Bertz CT molecular complexity index is 1580. The van der Waals surface area contributed by atoms with Crippen molar-refractivity contribution in [3.05, 3.63) is 72.4 Å². The molecule has 0 spiro atoms. The number of nitriles is 1. The first kappa shape index (κ1) is 27.9. The number of carbonyl (C=O) groups excluding carboxylic acids is 1. The van der Waals surface area contributed by atoms with Gasteiger partial charge in [0, 0.05) is 31.0 Å². The van der Waals surface area contributed by atoms with Crippen LogP contribution in [0.5, 0.6) is 0 Å². The minimum absolute atomic E-state index is 0.0710. The molecule has 8 nitrogen and oxygen atoms in total. The van der Waals surface area contributed by atoms with Crippen molar-refractivity contribution in [2.24, 2.45) is 0 Å². The number of fused-ring (bicyclic) bond motifs is 2. The second-order valence-corrected chi connectivity index (χ2v) is 10.0. The Kier molecular flexibility index (Phi) is 8.36. The quantitative estimate of drug-likeness (QED) is 0.296. The van der Waals surface area contributed by atoms with Gasteiger partial charge in [0.2, 0.25) is 0 Å². The molecule has 5 rings (SSSR count). The number of aromatic nitrogens is 3. The third-order valence-electron chi connectivity index (χ3n) is 6.25. The number of allylic oxidation sites excluding steroid dienone is 1. The summed E-state index contributed by atoms with van der Waals surface area (Å²) >= 11 is 3.53. The number of rotatable bonds is 3. The van der Waals surface area contributed by atoms with E-state index in [1.165, 1.54) is 27.6 Å². The average Bonchev–Trinajstić information content (AvgIpc) is 2.92. The van der Waals surface area contributed by atoms with E-state index >= 15 is 0 Å². The number of pyridine rings is 1. The first-order chi connectivity index (χ1) is 18.7. The van der Waals surface area contributed by atoms with Crippen LogP contribution in [-0.2, 0) is 4.74 Å². The number of amides is 1. The van der Waals surface area contributed by atoms with Crippen molar-refractivity contribution in [1.82, 2.24) is 19.9 Å². The van der Waals surface area contributed by atoms with Crippen LogP contribution in [0.1, 0.15) is 32.8 Å². The summed E-state index contributed by atoms with van der Waals surface area (Å²) in [4.78, 5) is 30.1. The minimum Gasteiger partial charge on any atom is -0.443 e. The number of aryl methyl sites for hydroxylation is 1. The van der Waals surface area contributed by atoms with Crippen LogP contribution >= 0.6 is 12.6 Å². The molecule has 0 aliphatic carbocycles. The topological polar surface area (TPSA) is 95.2 Å². The van der Waals surface area contributed by atoms with Gasteiger partial charge in [-0.25, -0.2) is 14.8 Å². The Hall–Kier alpha value is -4.16. The molecule has 1 aliphatic heterocycles. The molecule has 39 heavy (non-hydrogen) atoms. The molecule has 4 aromatic rings. The van der Waals surface area contributed by atoms with Crippen LogP contribution in [-0.4, -0.2) is 50.9 Å². The zero-order valence-electron chi connectivity index (χ0n) is 22.8. The normalized spacial score (nSPS) is 13.4. The summed E-state index contributed by atoms with van der Waals surface area (Å²) in [6.45, 7) is 8.43. The highest BCUT2D eigenvalue weighted by atomic mass is 32.1. The van der Waals surface area contributed by atoms with Crippen LogP contribution in [0.3, 0.4) is 0 Å². The molecule has 0 saturated carbocycles. The van der Waals surface area contributed by atoms with Crippen molar-refractivity contribution >= 4 is 46.2 Å². The molecular formula is C30H32N6O2S. The Labute approximate surface area is 234 Å². The van der Waals surface area contributed by atoms with Gasteiger partial charge in [0.1, 0.15) is 17.7 Å². The van der Waals surface area contributed by atoms with E-state index in [-0.39, 0.29) is 6.42 Å². The fourth-order valence-electron chi connectivity index (χ4n) is 4.64. The minimum atomic E-state index is -0.624. The summed E-state index contributed by atoms with van der Waals surface area (Å²) in [7, 11) is 0. The molecule has 0 atom stereocenters. The lowest BCUT2D eigenvalue weighted by atomic mass is 9.97. The van der Waals surface area contributed by atoms with Gasteiger partial charge in [-0.3, -0.25) is 9.88 Å². The highest BCUT2D eigenvalue weighted by Gasteiger charge is 2.29. The molecule has 1 aliphatic rings. The summed E-state index contributed by atoms with van der Waals surface area (Å²) < 4.78 is 5.54. The molecule has 0 fully saturated rings. The molecule has 2 aromatic heterocycles. The largest absolute Gasteiger partial charge is 0.443 e. The smallest absolute Gasteiger partial charge is 0.414 e. The average molecular weight is 541 g/mol. The maximum atomic E-state index is 12.7. The van der Waals surface area contributed by atoms with E-state index in [4.69, 9.17) is 9.72 Å². The molecule has 200 valence electrons. The third-order valence-corrected chi connectivity index (χ3v) is 6.25. The van der Waals surface area contributed by atoms with Crippen molar-refractivity contribution < 1.29 is 9.53 Å². The van der Waals surface area contributed by atoms with Gasteiger partial charge in [-0.05, 0) is 56.4 Å². The van der Waals surface area contributed by atoms with Crippen molar-refractivity contribution in [3.63, 3.8) is 0 Å². The highest BCUT2D eigenvalue weighted by Crippen LogP contribution is 2.33.